The van der Waals surface area contributed by atoms with Crippen molar-refractivity contribution in [2.45, 2.75) is 103 Å². The fourth-order valence-electron chi connectivity index (χ4n) is 4.13. The Bertz CT molecular complexity index is 690. The Morgan fingerprint density at radius 3 is 1.81 bits per heavy atom. The molecule has 0 saturated carbocycles. The van der Waals surface area contributed by atoms with Crippen LogP contribution in [0.4, 0.5) is 0 Å². The van der Waals surface area contributed by atoms with Crippen LogP contribution in [0.1, 0.15) is 103 Å². The molecule has 0 aliphatic heterocycles. The second-order valence-corrected chi connectivity index (χ2v) is 9.45. The van der Waals surface area contributed by atoms with E-state index >= 15 is 0 Å². The lowest BCUT2D eigenvalue weighted by molar-refractivity contribution is 0.0974. The van der Waals surface area contributed by atoms with Gasteiger partial charge in [-0.05, 0) is 29.7 Å². The van der Waals surface area contributed by atoms with Crippen LogP contribution >= 0.6 is 0 Å². The summed E-state index contributed by atoms with van der Waals surface area (Å²) in [6.45, 7) is 7.13. The monoisotopic (exact) mass is 424 g/mol. The number of hydrogen-bond acceptors (Lipinski definition) is 2. The Balaban J connectivity index is 1.60. The molecular formula is C29H44O2. The summed E-state index contributed by atoms with van der Waals surface area (Å²) < 4.78 is 5.83. The second kappa shape index (κ2) is 14.3. The molecule has 0 fully saturated rings. The normalized spacial score (nSPS) is 12.6. The van der Waals surface area contributed by atoms with Crippen LogP contribution in [-0.2, 0) is 5.41 Å². The van der Waals surface area contributed by atoms with Gasteiger partial charge in [0.1, 0.15) is 12.4 Å². The highest BCUT2D eigenvalue weighted by atomic mass is 16.5. The minimum absolute atomic E-state index is 0.0468. The van der Waals surface area contributed by atoms with E-state index in [4.69, 9.17) is 4.74 Å². The third kappa shape index (κ3) is 9.47. The quantitative estimate of drug-likeness (QED) is 0.276. The molecule has 2 aromatic carbocycles. The zero-order valence-corrected chi connectivity index (χ0v) is 20.1. The number of ether oxygens (including phenoxy) is 1. The van der Waals surface area contributed by atoms with Crippen LogP contribution in [0.3, 0.4) is 0 Å². The molecule has 0 radical (unpaired) electrons. The van der Waals surface area contributed by atoms with E-state index in [1.165, 1.54) is 68.9 Å². The van der Waals surface area contributed by atoms with E-state index in [1.54, 1.807) is 0 Å². The van der Waals surface area contributed by atoms with Gasteiger partial charge in [0.2, 0.25) is 0 Å². The Kier molecular flexibility index (Phi) is 11.7. The predicted octanol–water partition coefficient (Wildman–Crippen LogP) is 8.06. The average molecular weight is 425 g/mol. The van der Waals surface area contributed by atoms with Gasteiger partial charge in [0.05, 0.1) is 6.10 Å². The summed E-state index contributed by atoms with van der Waals surface area (Å²) in [7, 11) is 0. The van der Waals surface area contributed by atoms with E-state index in [0.29, 0.717) is 6.61 Å². The first-order valence-electron chi connectivity index (χ1n) is 12.5. The molecule has 0 saturated heterocycles. The molecule has 0 heterocycles. The van der Waals surface area contributed by atoms with Gasteiger partial charge in [-0.25, -0.2) is 0 Å². The number of hydrogen-bond donors (Lipinski definition) is 1. The highest BCUT2D eigenvalue weighted by Crippen LogP contribution is 2.32. The highest BCUT2D eigenvalue weighted by molar-refractivity contribution is 5.39. The molecule has 0 amide bonds. The molecule has 0 aliphatic carbocycles. The minimum Gasteiger partial charge on any atom is -0.491 e. The summed E-state index contributed by atoms with van der Waals surface area (Å²) in [6, 6.07) is 18.9. The van der Waals surface area contributed by atoms with E-state index < -0.39 is 0 Å². The van der Waals surface area contributed by atoms with Crippen molar-refractivity contribution in [1.82, 2.24) is 0 Å². The van der Waals surface area contributed by atoms with Crippen molar-refractivity contribution in [3.8, 4) is 5.75 Å². The molecule has 2 rings (SSSR count). The zero-order valence-electron chi connectivity index (χ0n) is 20.1. The number of aliphatic hydroxyl groups is 1. The lowest BCUT2D eigenvalue weighted by Crippen LogP contribution is -2.19. The van der Waals surface area contributed by atoms with E-state index in [2.05, 4.69) is 63.2 Å². The molecule has 172 valence electrons. The average Bonchev–Trinajstić information content (AvgIpc) is 2.80. The van der Waals surface area contributed by atoms with Gasteiger partial charge in [0.15, 0.2) is 0 Å². The largest absolute Gasteiger partial charge is 0.491 e. The second-order valence-electron chi connectivity index (χ2n) is 9.45. The molecule has 1 unspecified atom stereocenters. The number of rotatable bonds is 16. The van der Waals surface area contributed by atoms with E-state index in [1.807, 2.05) is 12.1 Å². The first-order valence-corrected chi connectivity index (χ1v) is 12.5. The Hall–Kier alpha value is -1.80. The van der Waals surface area contributed by atoms with Crippen molar-refractivity contribution in [2.75, 3.05) is 6.61 Å². The lowest BCUT2D eigenvalue weighted by Gasteiger charge is -2.26. The Morgan fingerprint density at radius 1 is 0.710 bits per heavy atom. The number of unbranched alkanes of at least 4 members (excludes halogenated alkanes) is 9. The van der Waals surface area contributed by atoms with Crippen molar-refractivity contribution >= 4 is 0 Å². The maximum atomic E-state index is 10.2. The van der Waals surface area contributed by atoms with Gasteiger partial charge in [-0.15, -0.1) is 0 Å². The van der Waals surface area contributed by atoms with Crippen LogP contribution in [0, 0.1) is 0 Å². The first-order chi connectivity index (χ1) is 15.0. The van der Waals surface area contributed by atoms with E-state index in [9.17, 15) is 5.11 Å². The van der Waals surface area contributed by atoms with Crippen LogP contribution < -0.4 is 4.74 Å². The Morgan fingerprint density at radius 2 is 1.23 bits per heavy atom. The summed E-state index contributed by atoms with van der Waals surface area (Å²) in [4.78, 5) is 0. The zero-order chi connectivity index (χ0) is 22.4. The molecule has 0 aliphatic rings. The first kappa shape index (κ1) is 25.5. The van der Waals surface area contributed by atoms with Gasteiger partial charge >= 0.3 is 0 Å². The SMILES string of the molecule is CCCCCCCCCCCCC(O)COc1ccc(C(C)(C)c2ccccc2)cc1. The predicted molar refractivity (Wildman–Crippen MR) is 133 cm³/mol. The molecule has 1 atom stereocenters. The van der Waals surface area contributed by atoms with Crippen molar-refractivity contribution in [1.29, 1.82) is 0 Å². The van der Waals surface area contributed by atoms with Crippen LogP contribution in [0.25, 0.3) is 0 Å². The molecular weight excluding hydrogens is 380 g/mol. The van der Waals surface area contributed by atoms with Crippen LogP contribution in [0.15, 0.2) is 54.6 Å². The summed E-state index contributed by atoms with van der Waals surface area (Å²) in [5, 5.41) is 10.2. The maximum absolute atomic E-state index is 10.2. The minimum atomic E-state index is -0.380. The van der Waals surface area contributed by atoms with Gasteiger partial charge in [0.25, 0.3) is 0 Å². The summed E-state index contributed by atoms with van der Waals surface area (Å²) >= 11 is 0. The van der Waals surface area contributed by atoms with Crippen LogP contribution in [0.2, 0.25) is 0 Å². The standard InChI is InChI=1S/C29H44O2/c1-4-5-6-7-8-9-10-11-12-16-19-27(30)24-31-28-22-20-26(21-23-28)29(2,3)25-17-14-13-15-18-25/h13-15,17-18,20-23,27,30H,4-12,16,19,24H2,1-3H3. The van der Waals surface area contributed by atoms with E-state index in [0.717, 1.165) is 18.6 Å². The van der Waals surface area contributed by atoms with Crippen LogP contribution in [0.5, 0.6) is 5.75 Å². The third-order valence-corrected chi connectivity index (χ3v) is 6.40. The molecule has 0 bridgehead atoms. The molecule has 2 heteroatoms. The molecule has 0 aromatic heterocycles. The Labute approximate surface area is 191 Å². The highest BCUT2D eigenvalue weighted by Gasteiger charge is 2.22. The number of aliphatic hydroxyl groups excluding tert-OH is 1. The summed E-state index contributed by atoms with van der Waals surface area (Å²) in [5.41, 5.74) is 2.52. The topological polar surface area (TPSA) is 29.5 Å². The fraction of sp³-hybridized carbons (Fsp3) is 0.586. The lowest BCUT2D eigenvalue weighted by atomic mass is 9.78. The fourth-order valence-corrected chi connectivity index (χ4v) is 4.13. The number of benzene rings is 2. The summed E-state index contributed by atoms with van der Waals surface area (Å²) in [5.74, 6) is 0.828. The van der Waals surface area contributed by atoms with Gasteiger partial charge in [0, 0.05) is 5.41 Å². The van der Waals surface area contributed by atoms with Gasteiger partial charge in [-0.3, -0.25) is 0 Å². The van der Waals surface area contributed by atoms with E-state index in [-0.39, 0.29) is 11.5 Å². The van der Waals surface area contributed by atoms with Gasteiger partial charge in [-0.1, -0.05) is 127 Å². The molecule has 1 N–H and O–H groups in total. The van der Waals surface area contributed by atoms with Gasteiger partial charge < -0.3 is 9.84 Å². The third-order valence-electron chi connectivity index (χ3n) is 6.40. The van der Waals surface area contributed by atoms with Crippen LogP contribution in [-0.4, -0.2) is 17.8 Å². The van der Waals surface area contributed by atoms with Gasteiger partial charge in [-0.2, -0.15) is 0 Å². The molecule has 0 spiro atoms. The molecule has 2 aromatic rings. The maximum Gasteiger partial charge on any atom is 0.119 e. The van der Waals surface area contributed by atoms with Crippen molar-refractivity contribution in [3.05, 3.63) is 65.7 Å². The molecule has 31 heavy (non-hydrogen) atoms. The smallest absolute Gasteiger partial charge is 0.119 e. The van der Waals surface area contributed by atoms with Crippen molar-refractivity contribution in [2.24, 2.45) is 0 Å². The molecule has 2 nitrogen and oxygen atoms in total. The summed E-state index contributed by atoms with van der Waals surface area (Å²) in [6.07, 6.45) is 13.6. The van der Waals surface area contributed by atoms with Crippen molar-refractivity contribution < 1.29 is 9.84 Å². The van der Waals surface area contributed by atoms with Crippen molar-refractivity contribution in [3.63, 3.8) is 0 Å².